The second-order valence-electron chi connectivity index (χ2n) is 7.57. The van der Waals surface area contributed by atoms with E-state index in [9.17, 15) is 19.5 Å². The van der Waals surface area contributed by atoms with Crippen LogP contribution >= 0.6 is 0 Å². The molecule has 0 saturated carbocycles. The molecule has 0 bridgehead atoms. The summed E-state index contributed by atoms with van der Waals surface area (Å²) in [5.41, 5.74) is 0.636. The van der Waals surface area contributed by atoms with E-state index < -0.39 is 35.7 Å². The smallest absolute Gasteiger partial charge is 0.408 e. The number of nitrogens with zero attached hydrogens (tertiary/aromatic N) is 1. The van der Waals surface area contributed by atoms with Gasteiger partial charge in [0.1, 0.15) is 17.7 Å². The maximum absolute atomic E-state index is 12.8. The first-order valence-corrected chi connectivity index (χ1v) is 9.18. The van der Waals surface area contributed by atoms with E-state index in [-0.39, 0.29) is 12.8 Å². The number of rotatable bonds is 8. The van der Waals surface area contributed by atoms with Gasteiger partial charge in [0.15, 0.2) is 0 Å². The molecule has 4 N–H and O–H groups in total. The third-order valence-corrected chi connectivity index (χ3v) is 3.88. The minimum atomic E-state index is -1.17. The number of carboxylic acid groups (broad SMARTS) is 1. The van der Waals surface area contributed by atoms with Gasteiger partial charge in [-0.1, -0.05) is 30.3 Å². The van der Waals surface area contributed by atoms with Crippen molar-refractivity contribution in [3.8, 4) is 0 Å². The molecule has 0 aliphatic heterocycles. The number of nitrogens with one attached hydrogen (secondary N) is 3. The van der Waals surface area contributed by atoms with Crippen LogP contribution in [0.2, 0.25) is 0 Å². The predicted octanol–water partition coefficient (Wildman–Crippen LogP) is 1.66. The van der Waals surface area contributed by atoms with Crippen LogP contribution in [-0.4, -0.2) is 50.7 Å². The molecule has 1 heterocycles. The summed E-state index contributed by atoms with van der Waals surface area (Å²) in [6.45, 7) is 5.12. The van der Waals surface area contributed by atoms with E-state index >= 15 is 0 Å². The highest BCUT2D eigenvalue weighted by atomic mass is 16.6. The monoisotopic (exact) mass is 402 g/mol. The molecule has 1 aromatic heterocycles. The molecule has 2 amide bonds. The highest BCUT2D eigenvalue weighted by Crippen LogP contribution is 2.09. The number of hydrogen-bond donors (Lipinski definition) is 4. The first-order chi connectivity index (χ1) is 13.6. The van der Waals surface area contributed by atoms with Crippen LogP contribution in [0.15, 0.2) is 42.9 Å². The van der Waals surface area contributed by atoms with E-state index in [4.69, 9.17) is 4.74 Å². The van der Waals surface area contributed by atoms with Crippen molar-refractivity contribution in [2.24, 2.45) is 0 Å². The molecule has 0 aliphatic rings. The number of imidazole rings is 1. The largest absolute Gasteiger partial charge is 0.480 e. The van der Waals surface area contributed by atoms with Crippen molar-refractivity contribution in [1.82, 2.24) is 20.6 Å². The van der Waals surface area contributed by atoms with E-state index in [1.807, 2.05) is 6.07 Å². The number of benzene rings is 1. The molecule has 0 radical (unpaired) electrons. The molecular weight excluding hydrogens is 376 g/mol. The predicted molar refractivity (Wildman–Crippen MR) is 105 cm³/mol. The minimum Gasteiger partial charge on any atom is -0.480 e. The second kappa shape index (κ2) is 9.72. The Morgan fingerprint density at radius 2 is 1.79 bits per heavy atom. The van der Waals surface area contributed by atoms with Gasteiger partial charge in [0.05, 0.1) is 6.33 Å². The number of carbonyl (C=O) groups is 3. The fourth-order valence-electron chi connectivity index (χ4n) is 2.60. The van der Waals surface area contributed by atoms with Gasteiger partial charge in [0.25, 0.3) is 0 Å². The molecule has 0 saturated heterocycles. The number of aromatic amines is 1. The highest BCUT2D eigenvalue weighted by Gasteiger charge is 2.29. The number of alkyl carbamates (subject to hydrolysis) is 1. The van der Waals surface area contributed by atoms with Gasteiger partial charge in [-0.3, -0.25) is 4.79 Å². The molecule has 2 rings (SSSR count). The molecule has 0 fully saturated rings. The van der Waals surface area contributed by atoms with Crippen LogP contribution in [0, 0.1) is 0 Å². The molecule has 1 aromatic carbocycles. The van der Waals surface area contributed by atoms with Crippen LogP contribution in [0.5, 0.6) is 0 Å². The number of carbonyl (C=O) groups excluding carboxylic acids is 2. The van der Waals surface area contributed by atoms with Gasteiger partial charge in [-0.05, 0) is 26.3 Å². The summed E-state index contributed by atoms with van der Waals surface area (Å²) < 4.78 is 5.21. The molecule has 0 aliphatic carbocycles. The number of hydrogen-bond acceptors (Lipinski definition) is 5. The zero-order valence-corrected chi connectivity index (χ0v) is 16.6. The maximum atomic E-state index is 12.8. The lowest BCUT2D eigenvalue weighted by molar-refractivity contribution is -0.142. The first-order valence-electron chi connectivity index (χ1n) is 9.18. The summed E-state index contributed by atoms with van der Waals surface area (Å²) in [6, 6.07) is 6.79. The number of amides is 2. The van der Waals surface area contributed by atoms with E-state index in [2.05, 4.69) is 20.6 Å². The lowest BCUT2D eigenvalue weighted by atomic mass is 10.0. The second-order valence-corrected chi connectivity index (χ2v) is 7.57. The molecule has 2 atom stereocenters. The van der Waals surface area contributed by atoms with Crippen molar-refractivity contribution in [2.45, 2.75) is 51.3 Å². The maximum Gasteiger partial charge on any atom is 0.408 e. The van der Waals surface area contributed by atoms with Gasteiger partial charge in [-0.25, -0.2) is 14.6 Å². The average molecular weight is 402 g/mol. The number of carboxylic acids is 1. The van der Waals surface area contributed by atoms with Crippen LogP contribution in [0.1, 0.15) is 32.0 Å². The first kappa shape index (κ1) is 21.9. The van der Waals surface area contributed by atoms with Gasteiger partial charge < -0.3 is 25.5 Å². The lowest BCUT2D eigenvalue weighted by Gasteiger charge is -2.24. The third kappa shape index (κ3) is 7.65. The Bertz CT molecular complexity index is 815. The highest BCUT2D eigenvalue weighted by molar-refractivity contribution is 5.89. The van der Waals surface area contributed by atoms with Crippen LogP contribution < -0.4 is 10.6 Å². The van der Waals surface area contributed by atoms with Crippen molar-refractivity contribution >= 4 is 18.0 Å². The van der Waals surface area contributed by atoms with Crippen molar-refractivity contribution < 1.29 is 24.2 Å². The molecular formula is C20H26N4O5. The Balaban J connectivity index is 2.11. The van der Waals surface area contributed by atoms with Crippen molar-refractivity contribution in [3.63, 3.8) is 0 Å². The summed E-state index contributed by atoms with van der Waals surface area (Å²) >= 11 is 0. The standard InChI is InChI=1S/C20H26N4O5/c1-20(2,3)29-19(28)24-15(10-14-11-21-12-22-14)17(25)23-16(18(26)27)9-13-7-5-4-6-8-13/h4-8,11-12,15-16H,9-10H2,1-3H3,(H,21,22)(H,23,25)(H,24,28)(H,26,27)/t15-,16-/m0/s1. The number of ether oxygens (including phenoxy) is 1. The van der Waals surface area contributed by atoms with E-state index in [0.717, 1.165) is 5.56 Å². The van der Waals surface area contributed by atoms with Crippen LogP contribution in [0.25, 0.3) is 0 Å². The van der Waals surface area contributed by atoms with Crippen molar-refractivity contribution in [1.29, 1.82) is 0 Å². The Kier molecular flexibility index (Phi) is 7.35. The van der Waals surface area contributed by atoms with E-state index in [0.29, 0.717) is 5.69 Å². The Morgan fingerprint density at radius 1 is 1.10 bits per heavy atom. The molecule has 2 aromatic rings. The van der Waals surface area contributed by atoms with Crippen LogP contribution in [0.3, 0.4) is 0 Å². The molecule has 0 spiro atoms. The van der Waals surface area contributed by atoms with E-state index in [1.54, 1.807) is 45.0 Å². The van der Waals surface area contributed by atoms with Gasteiger partial charge in [0, 0.05) is 24.7 Å². The Hall–Kier alpha value is -3.36. The third-order valence-electron chi connectivity index (χ3n) is 3.88. The SMILES string of the molecule is CC(C)(C)OC(=O)N[C@@H](Cc1cnc[nH]1)C(=O)N[C@@H](Cc1ccccc1)C(=O)O. The normalized spacial score (nSPS) is 13.2. The summed E-state index contributed by atoms with van der Waals surface area (Å²) in [5.74, 6) is -1.80. The van der Waals surface area contributed by atoms with Crippen LogP contribution in [0.4, 0.5) is 4.79 Å². The molecule has 0 unspecified atom stereocenters. The van der Waals surface area contributed by atoms with Gasteiger partial charge in [-0.2, -0.15) is 0 Å². The Labute approximate surface area is 168 Å². The molecule has 9 heteroatoms. The quantitative estimate of drug-likeness (QED) is 0.531. The van der Waals surface area contributed by atoms with E-state index in [1.165, 1.54) is 12.5 Å². The summed E-state index contributed by atoms with van der Waals surface area (Å²) in [6.07, 6.45) is 2.42. The molecule has 9 nitrogen and oxygen atoms in total. The minimum absolute atomic E-state index is 0.1000. The number of aliphatic carboxylic acids is 1. The average Bonchev–Trinajstić information content (AvgIpc) is 3.13. The number of aromatic nitrogens is 2. The van der Waals surface area contributed by atoms with Crippen LogP contribution in [-0.2, 0) is 27.2 Å². The summed E-state index contributed by atoms with van der Waals surface area (Å²) in [4.78, 5) is 43.4. The molecule has 29 heavy (non-hydrogen) atoms. The summed E-state index contributed by atoms with van der Waals surface area (Å²) in [7, 11) is 0. The van der Waals surface area contributed by atoms with Crippen molar-refractivity contribution in [3.05, 3.63) is 54.1 Å². The Morgan fingerprint density at radius 3 is 2.34 bits per heavy atom. The zero-order valence-electron chi connectivity index (χ0n) is 16.6. The van der Waals surface area contributed by atoms with Gasteiger partial charge in [0.2, 0.25) is 5.91 Å². The fraction of sp³-hybridized carbons (Fsp3) is 0.400. The van der Waals surface area contributed by atoms with Gasteiger partial charge in [-0.15, -0.1) is 0 Å². The topological polar surface area (TPSA) is 133 Å². The zero-order chi connectivity index (χ0) is 21.4. The fourth-order valence-corrected chi connectivity index (χ4v) is 2.60. The lowest BCUT2D eigenvalue weighted by Crippen LogP contribution is -2.53. The number of H-pyrrole nitrogens is 1. The molecule has 156 valence electrons. The van der Waals surface area contributed by atoms with Crippen molar-refractivity contribution in [2.75, 3.05) is 0 Å². The summed E-state index contributed by atoms with van der Waals surface area (Å²) in [5, 5.41) is 14.5. The van der Waals surface area contributed by atoms with Gasteiger partial charge >= 0.3 is 12.1 Å².